The maximum atomic E-state index is 7.71. The summed E-state index contributed by atoms with van der Waals surface area (Å²) >= 11 is 0. The van der Waals surface area contributed by atoms with Gasteiger partial charge in [-0.05, 0) is 39.8 Å². The van der Waals surface area contributed by atoms with Crippen molar-refractivity contribution in [3.63, 3.8) is 0 Å². The Morgan fingerprint density at radius 3 is 2.57 bits per heavy atom. The Morgan fingerprint density at radius 1 is 1.43 bits per heavy atom. The van der Waals surface area contributed by atoms with Gasteiger partial charge in [-0.25, -0.2) is 0 Å². The number of hydrogen-bond acceptors (Lipinski definition) is 4. The van der Waals surface area contributed by atoms with E-state index in [0.717, 1.165) is 55.0 Å². The predicted molar refractivity (Wildman–Crippen MR) is 84.8 cm³/mol. The number of likely N-dealkylation sites (tertiary alicyclic amines) is 1. The second kappa shape index (κ2) is 6.02. The molecule has 116 valence electrons. The van der Waals surface area contributed by atoms with Crippen LogP contribution in [0.4, 0.5) is 0 Å². The molecule has 0 unspecified atom stereocenters. The van der Waals surface area contributed by atoms with Gasteiger partial charge in [0.1, 0.15) is 5.75 Å². The van der Waals surface area contributed by atoms with Crippen LogP contribution in [0.1, 0.15) is 36.6 Å². The topological polar surface area (TPSA) is 75.2 Å². The van der Waals surface area contributed by atoms with Crippen LogP contribution in [0.25, 0.3) is 0 Å². The van der Waals surface area contributed by atoms with Crippen molar-refractivity contribution >= 4 is 5.84 Å². The molecular formula is C16H26N4O. The minimum Gasteiger partial charge on any atom is -0.496 e. The Morgan fingerprint density at radius 2 is 2.05 bits per heavy atom. The van der Waals surface area contributed by atoms with Gasteiger partial charge in [-0.3, -0.25) is 15.3 Å². The summed E-state index contributed by atoms with van der Waals surface area (Å²) < 4.78 is 5.47. The van der Waals surface area contributed by atoms with Gasteiger partial charge in [-0.2, -0.15) is 0 Å². The first-order valence-corrected chi connectivity index (χ1v) is 7.43. The minimum absolute atomic E-state index is 0.135. The Bertz CT molecular complexity index is 533. The molecule has 0 saturated carbocycles. The zero-order valence-corrected chi connectivity index (χ0v) is 13.5. The zero-order valence-electron chi connectivity index (χ0n) is 13.5. The first-order chi connectivity index (χ1) is 9.87. The highest BCUT2D eigenvalue weighted by molar-refractivity contribution is 5.83. The number of nitrogens with two attached hydrogens (primary N) is 1. The number of piperidine rings is 1. The molecule has 2 rings (SSSR count). The lowest BCUT2D eigenvalue weighted by Crippen LogP contribution is -2.44. The molecule has 5 heteroatoms. The summed E-state index contributed by atoms with van der Waals surface area (Å²) in [6.45, 7) is 8.90. The molecule has 1 fully saturated rings. The summed E-state index contributed by atoms with van der Waals surface area (Å²) in [4.78, 5) is 6.95. The highest BCUT2D eigenvalue weighted by Crippen LogP contribution is 2.32. The van der Waals surface area contributed by atoms with Gasteiger partial charge in [0.25, 0.3) is 0 Å². The normalized spacial score (nSPS) is 18.5. The third-order valence-electron chi connectivity index (χ3n) is 4.73. The number of nitrogens with one attached hydrogen (secondary N) is 1. The van der Waals surface area contributed by atoms with Crippen molar-refractivity contribution in [2.75, 3.05) is 20.2 Å². The maximum absolute atomic E-state index is 7.71. The highest BCUT2D eigenvalue weighted by Gasteiger charge is 2.33. The summed E-state index contributed by atoms with van der Waals surface area (Å²) in [7, 11) is 1.71. The van der Waals surface area contributed by atoms with Gasteiger partial charge in [0.2, 0.25) is 0 Å². The van der Waals surface area contributed by atoms with Gasteiger partial charge in [0.15, 0.2) is 0 Å². The molecule has 1 aliphatic heterocycles. The molecule has 5 nitrogen and oxygen atoms in total. The van der Waals surface area contributed by atoms with Crippen molar-refractivity contribution in [3.05, 3.63) is 23.0 Å². The van der Waals surface area contributed by atoms with Gasteiger partial charge in [0.05, 0.1) is 18.6 Å². The van der Waals surface area contributed by atoms with Crippen LogP contribution < -0.4 is 10.5 Å². The summed E-state index contributed by atoms with van der Waals surface area (Å²) in [6, 6.07) is 0. The van der Waals surface area contributed by atoms with Gasteiger partial charge >= 0.3 is 0 Å². The quantitative estimate of drug-likeness (QED) is 0.659. The molecule has 1 aliphatic rings. The van der Waals surface area contributed by atoms with Gasteiger partial charge < -0.3 is 10.5 Å². The number of methoxy groups -OCH3 is 1. The van der Waals surface area contributed by atoms with Crippen molar-refractivity contribution in [2.24, 2.45) is 11.1 Å². The van der Waals surface area contributed by atoms with Crippen molar-refractivity contribution in [1.29, 1.82) is 5.41 Å². The fourth-order valence-corrected chi connectivity index (χ4v) is 2.92. The van der Waals surface area contributed by atoms with Gasteiger partial charge in [-0.1, -0.05) is 6.92 Å². The number of hydrogen-bond donors (Lipinski definition) is 2. The molecule has 0 bridgehead atoms. The van der Waals surface area contributed by atoms with Crippen molar-refractivity contribution in [2.45, 2.75) is 40.2 Å². The Kier molecular flexibility index (Phi) is 4.52. The molecule has 3 N–H and O–H groups in total. The molecule has 0 aliphatic carbocycles. The number of ether oxygens (including phenoxy) is 1. The van der Waals surface area contributed by atoms with E-state index in [-0.39, 0.29) is 5.41 Å². The molecule has 0 amide bonds. The highest BCUT2D eigenvalue weighted by atomic mass is 16.5. The van der Waals surface area contributed by atoms with E-state index in [1.165, 1.54) is 0 Å². The summed E-state index contributed by atoms with van der Waals surface area (Å²) in [6.07, 6.45) is 3.75. The molecule has 1 saturated heterocycles. The second-order valence-corrected chi connectivity index (χ2v) is 6.30. The van der Waals surface area contributed by atoms with Crippen molar-refractivity contribution in [3.8, 4) is 5.75 Å². The first-order valence-electron chi connectivity index (χ1n) is 7.43. The maximum Gasteiger partial charge on any atom is 0.128 e. The van der Waals surface area contributed by atoms with E-state index >= 15 is 0 Å². The van der Waals surface area contributed by atoms with Crippen LogP contribution >= 0.6 is 0 Å². The second-order valence-electron chi connectivity index (χ2n) is 6.30. The fourth-order valence-electron chi connectivity index (χ4n) is 2.92. The average molecular weight is 290 g/mol. The zero-order chi connectivity index (χ0) is 15.6. The Labute approximate surface area is 127 Å². The molecule has 0 aromatic carbocycles. The SMILES string of the molecule is COc1c(C)cnc(CN2CCC(C)(C(=N)N)CC2)c1C. The molecule has 1 aromatic rings. The Balaban J connectivity index is 2.06. The van der Waals surface area contributed by atoms with Crippen LogP contribution in [0, 0.1) is 24.7 Å². The van der Waals surface area contributed by atoms with Crippen LogP contribution in [0.3, 0.4) is 0 Å². The first kappa shape index (κ1) is 15.8. The standard InChI is InChI=1S/C16H26N4O/c1-11-9-19-13(12(2)14(11)21-4)10-20-7-5-16(3,6-8-20)15(17)18/h9H,5-8,10H2,1-4H3,(H3,17,18). The summed E-state index contributed by atoms with van der Waals surface area (Å²) in [5.41, 5.74) is 8.85. The van der Waals surface area contributed by atoms with Crippen LogP contribution in [-0.4, -0.2) is 35.9 Å². The summed E-state index contributed by atoms with van der Waals surface area (Å²) in [5.74, 6) is 1.25. The van der Waals surface area contributed by atoms with Crippen molar-refractivity contribution < 1.29 is 4.74 Å². The van der Waals surface area contributed by atoms with Crippen LogP contribution in [-0.2, 0) is 6.54 Å². The Hall–Kier alpha value is -1.62. The number of nitrogens with zero attached hydrogens (tertiary/aromatic N) is 2. The smallest absolute Gasteiger partial charge is 0.128 e. The molecule has 2 heterocycles. The molecule has 1 aromatic heterocycles. The van der Waals surface area contributed by atoms with Gasteiger partial charge in [-0.15, -0.1) is 0 Å². The van der Waals surface area contributed by atoms with Gasteiger partial charge in [0, 0.05) is 29.3 Å². The van der Waals surface area contributed by atoms with E-state index in [0.29, 0.717) is 5.84 Å². The van der Waals surface area contributed by atoms with E-state index in [2.05, 4.69) is 23.7 Å². The number of aromatic nitrogens is 1. The number of rotatable bonds is 4. The lowest BCUT2D eigenvalue weighted by molar-refractivity contribution is 0.154. The predicted octanol–water partition coefficient (Wildman–Crippen LogP) is 2.25. The van der Waals surface area contributed by atoms with Crippen LogP contribution in [0.15, 0.2) is 6.20 Å². The lowest BCUT2D eigenvalue weighted by atomic mass is 9.79. The largest absolute Gasteiger partial charge is 0.496 e. The number of aryl methyl sites for hydroxylation is 1. The number of amidine groups is 1. The minimum atomic E-state index is -0.135. The molecule has 0 atom stereocenters. The molecule has 0 radical (unpaired) electrons. The van der Waals surface area contributed by atoms with Crippen LogP contribution in [0.5, 0.6) is 5.75 Å². The fraction of sp³-hybridized carbons (Fsp3) is 0.625. The molecule has 21 heavy (non-hydrogen) atoms. The third-order valence-corrected chi connectivity index (χ3v) is 4.73. The van der Waals surface area contributed by atoms with E-state index in [4.69, 9.17) is 15.9 Å². The van der Waals surface area contributed by atoms with E-state index in [1.54, 1.807) is 7.11 Å². The van der Waals surface area contributed by atoms with E-state index in [9.17, 15) is 0 Å². The average Bonchev–Trinajstić information content (AvgIpc) is 2.45. The monoisotopic (exact) mass is 290 g/mol. The lowest BCUT2D eigenvalue weighted by Gasteiger charge is -2.38. The molecular weight excluding hydrogens is 264 g/mol. The third kappa shape index (κ3) is 3.18. The molecule has 0 spiro atoms. The van der Waals surface area contributed by atoms with E-state index in [1.807, 2.05) is 13.1 Å². The van der Waals surface area contributed by atoms with Crippen LogP contribution in [0.2, 0.25) is 0 Å². The summed E-state index contributed by atoms with van der Waals surface area (Å²) in [5, 5.41) is 7.71. The van der Waals surface area contributed by atoms with E-state index < -0.39 is 0 Å². The van der Waals surface area contributed by atoms with Crippen molar-refractivity contribution in [1.82, 2.24) is 9.88 Å². The number of pyridine rings is 1.